The first kappa shape index (κ1) is 23.7. The summed E-state index contributed by atoms with van der Waals surface area (Å²) in [4.78, 5) is 12.6. The summed E-state index contributed by atoms with van der Waals surface area (Å²) in [6.07, 6.45) is 0. The summed E-state index contributed by atoms with van der Waals surface area (Å²) in [5, 5.41) is 2.71. The second-order valence-corrected chi connectivity index (χ2v) is 9.11. The molecule has 1 amide bonds. The quantitative estimate of drug-likeness (QED) is 0.614. The van der Waals surface area contributed by atoms with E-state index < -0.39 is 15.9 Å². The van der Waals surface area contributed by atoms with Gasteiger partial charge >= 0.3 is 0 Å². The highest BCUT2D eigenvalue weighted by atomic mass is 32.2. The molecule has 0 unspecified atom stereocenters. The maximum atomic E-state index is 12.8. The van der Waals surface area contributed by atoms with Crippen molar-refractivity contribution in [1.29, 1.82) is 0 Å². The molecule has 0 radical (unpaired) electrons. The lowest BCUT2D eigenvalue weighted by Gasteiger charge is -2.18. The number of likely N-dealkylation sites (N-methyl/N-ethyl adjacent to an activating group) is 1. The predicted molar refractivity (Wildman–Crippen MR) is 118 cm³/mol. The second kappa shape index (κ2) is 10.4. The van der Waals surface area contributed by atoms with Crippen LogP contribution < -0.4 is 14.8 Å². The smallest absolute Gasteiger partial charge is 0.243 e. The van der Waals surface area contributed by atoms with E-state index in [9.17, 15) is 13.2 Å². The molecule has 2 aromatic rings. The van der Waals surface area contributed by atoms with E-state index in [0.29, 0.717) is 36.3 Å². The van der Waals surface area contributed by atoms with Crippen molar-refractivity contribution in [2.24, 2.45) is 0 Å². The monoisotopic (exact) mass is 434 g/mol. The number of carbonyl (C=O) groups is 1. The second-order valence-electron chi connectivity index (χ2n) is 7.06. The van der Waals surface area contributed by atoms with Gasteiger partial charge in [0.05, 0.1) is 24.7 Å². The Morgan fingerprint density at radius 3 is 2.17 bits per heavy atom. The van der Waals surface area contributed by atoms with Crippen LogP contribution in [0, 0.1) is 0 Å². The molecule has 0 bridgehead atoms. The van der Waals surface area contributed by atoms with Gasteiger partial charge in [0.15, 0.2) is 11.5 Å². The third-order valence-corrected chi connectivity index (χ3v) is 6.27. The van der Waals surface area contributed by atoms with Gasteiger partial charge in [0.2, 0.25) is 15.9 Å². The molecule has 2 rings (SSSR count). The van der Waals surface area contributed by atoms with E-state index >= 15 is 0 Å². The van der Waals surface area contributed by atoms with Crippen LogP contribution >= 0.6 is 0 Å². The molecule has 1 N–H and O–H groups in total. The minimum absolute atomic E-state index is 0.155. The van der Waals surface area contributed by atoms with Crippen LogP contribution in [0.3, 0.4) is 0 Å². The zero-order chi connectivity index (χ0) is 22.3. The molecule has 0 heterocycles. The fourth-order valence-electron chi connectivity index (χ4n) is 2.82. The molecule has 164 valence electrons. The van der Waals surface area contributed by atoms with Gasteiger partial charge in [0.1, 0.15) is 0 Å². The van der Waals surface area contributed by atoms with Crippen molar-refractivity contribution in [1.82, 2.24) is 4.31 Å². The molecule has 0 saturated carbocycles. The largest absolute Gasteiger partial charge is 0.490 e. The molecule has 0 fully saturated rings. The van der Waals surface area contributed by atoms with E-state index in [4.69, 9.17) is 9.47 Å². The van der Waals surface area contributed by atoms with Crippen LogP contribution in [0.1, 0.15) is 39.2 Å². The summed E-state index contributed by atoms with van der Waals surface area (Å²) < 4.78 is 37.6. The molecule has 0 aromatic heterocycles. The lowest BCUT2D eigenvalue weighted by molar-refractivity contribution is -0.116. The van der Waals surface area contributed by atoms with Gasteiger partial charge in [-0.3, -0.25) is 4.79 Å². The van der Waals surface area contributed by atoms with Crippen LogP contribution in [0.4, 0.5) is 5.69 Å². The van der Waals surface area contributed by atoms with Gasteiger partial charge in [0, 0.05) is 18.8 Å². The van der Waals surface area contributed by atoms with Gasteiger partial charge in [-0.05, 0) is 49.6 Å². The third kappa shape index (κ3) is 5.96. The number of nitrogens with zero attached hydrogens (tertiary/aromatic N) is 1. The number of amides is 1. The Morgan fingerprint density at radius 1 is 1.00 bits per heavy atom. The first-order valence-corrected chi connectivity index (χ1v) is 11.4. The highest BCUT2D eigenvalue weighted by molar-refractivity contribution is 7.89. The normalized spacial score (nSPS) is 11.6. The Kier molecular flexibility index (Phi) is 8.25. The number of nitrogens with one attached hydrogen (secondary N) is 1. The SMILES string of the molecule is CCOc1ccc(NC(=O)CN(C)S(=O)(=O)c2ccc(C(C)C)cc2)cc1OCC. The van der Waals surface area contributed by atoms with Gasteiger partial charge in [-0.15, -0.1) is 0 Å². The van der Waals surface area contributed by atoms with Crippen LogP contribution in [0.15, 0.2) is 47.4 Å². The van der Waals surface area contributed by atoms with Crippen LogP contribution in [0.5, 0.6) is 11.5 Å². The van der Waals surface area contributed by atoms with E-state index in [0.717, 1.165) is 9.87 Å². The summed E-state index contributed by atoms with van der Waals surface area (Å²) in [7, 11) is -2.39. The molecular formula is C22H30N2O5S. The maximum Gasteiger partial charge on any atom is 0.243 e. The number of rotatable bonds is 10. The number of hydrogen-bond acceptors (Lipinski definition) is 5. The molecule has 0 aliphatic rings. The molecule has 7 nitrogen and oxygen atoms in total. The van der Waals surface area contributed by atoms with Crippen molar-refractivity contribution in [3.05, 3.63) is 48.0 Å². The number of ether oxygens (including phenoxy) is 2. The lowest BCUT2D eigenvalue weighted by Crippen LogP contribution is -2.35. The first-order valence-electron chi connectivity index (χ1n) is 9.94. The van der Waals surface area contributed by atoms with Crippen molar-refractivity contribution in [3.63, 3.8) is 0 Å². The van der Waals surface area contributed by atoms with Crippen LogP contribution in [0.2, 0.25) is 0 Å². The summed E-state index contributed by atoms with van der Waals surface area (Å²) in [5.74, 6) is 0.956. The highest BCUT2D eigenvalue weighted by Gasteiger charge is 2.23. The fraction of sp³-hybridized carbons (Fsp3) is 0.409. The Bertz CT molecular complexity index is 956. The topological polar surface area (TPSA) is 84.9 Å². The zero-order valence-electron chi connectivity index (χ0n) is 18.1. The zero-order valence-corrected chi connectivity index (χ0v) is 19.0. The van der Waals surface area contributed by atoms with Gasteiger partial charge in [-0.25, -0.2) is 8.42 Å². The average molecular weight is 435 g/mol. The van der Waals surface area contributed by atoms with E-state index in [1.54, 1.807) is 42.5 Å². The highest BCUT2D eigenvalue weighted by Crippen LogP contribution is 2.30. The van der Waals surface area contributed by atoms with Gasteiger partial charge in [-0.1, -0.05) is 26.0 Å². The van der Waals surface area contributed by atoms with Crippen molar-refractivity contribution >= 4 is 21.6 Å². The third-order valence-electron chi connectivity index (χ3n) is 4.45. The number of carbonyl (C=O) groups excluding carboxylic acids is 1. The maximum absolute atomic E-state index is 12.8. The molecule has 30 heavy (non-hydrogen) atoms. The molecule has 0 atom stereocenters. The summed E-state index contributed by atoms with van der Waals surface area (Å²) in [6, 6.07) is 11.8. The summed E-state index contributed by atoms with van der Waals surface area (Å²) >= 11 is 0. The standard InChI is InChI=1S/C22H30N2O5S/c1-6-28-20-13-10-18(14-21(20)29-7-2)23-22(25)15-24(5)30(26,27)19-11-8-17(9-12-19)16(3)4/h8-14,16H,6-7,15H2,1-5H3,(H,23,25). The number of sulfonamides is 1. The Morgan fingerprint density at radius 2 is 1.60 bits per heavy atom. The van der Waals surface area contributed by atoms with Crippen LogP contribution in [-0.2, 0) is 14.8 Å². The van der Waals surface area contributed by atoms with E-state index in [1.165, 1.54) is 7.05 Å². The molecule has 0 spiro atoms. The first-order chi connectivity index (χ1) is 14.2. The van der Waals surface area contributed by atoms with Crippen molar-refractivity contribution in [2.45, 2.75) is 38.5 Å². The van der Waals surface area contributed by atoms with Gasteiger partial charge in [0.25, 0.3) is 0 Å². The van der Waals surface area contributed by atoms with Gasteiger partial charge in [-0.2, -0.15) is 4.31 Å². The van der Waals surface area contributed by atoms with E-state index in [2.05, 4.69) is 5.32 Å². The minimum Gasteiger partial charge on any atom is -0.490 e. The molecular weight excluding hydrogens is 404 g/mol. The van der Waals surface area contributed by atoms with Gasteiger partial charge < -0.3 is 14.8 Å². The number of hydrogen-bond donors (Lipinski definition) is 1. The fourth-order valence-corrected chi connectivity index (χ4v) is 3.95. The van der Waals surface area contributed by atoms with Crippen LogP contribution in [0.25, 0.3) is 0 Å². The Labute approximate surface area is 179 Å². The minimum atomic E-state index is -3.77. The molecule has 0 saturated heterocycles. The van der Waals surface area contributed by atoms with E-state index in [1.807, 2.05) is 27.7 Å². The summed E-state index contributed by atoms with van der Waals surface area (Å²) in [6.45, 7) is 8.44. The molecule has 8 heteroatoms. The summed E-state index contributed by atoms with van der Waals surface area (Å²) in [5.41, 5.74) is 1.55. The Balaban J connectivity index is 2.08. The molecule has 0 aliphatic carbocycles. The predicted octanol–water partition coefficient (Wildman–Crippen LogP) is 3.87. The van der Waals surface area contributed by atoms with Crippen LogP contribution in [-0.4, -0.2) is 45.4 Å². The van der Waals surface area contributed by atoms with Crippen molar-refractivity contribution in [2.75, 3.05) is 32.1 Å². The van der Waals surface area contributed by atoms with Crippen molar-refractivity contribution < 1.29 is 22.7 Å². The molecule has 2 aromatic carbocycles. The number of benzene rings is 2. The lowest BCUT2D eigenvalue weighted by atomic mass is 10.0. The van der Waals surface area contributed by atoms with Crippen molar-refractivity contribution in [3.8, 4) is 11.5 Å². The Hall–Kier alpha value is -2.58. The molecule has 0 aliphatic heterocycles. The average Bonchev–Trinajstić information content (AvgIpc) is 2.70. The number of anilines is 1. The van der Waals surface area contributed by atoms with E-state index in [-0.39, 0.29) is 11.4 Å².